The van der Waals surface area contributed by atoms with Crippen molar-refractivity contribution in [2.75, 3.05) is 39.3 Å². The quantitative estimate of drug-likeness (QED) is 0.594. The van der Waals surface area contributed by atoms with Crippen molar-refractivity contribution in [3.05, 3.63) is 58.5 Å². The van der Waals surface area contributed by atoms with E-state index in [4.69, 9.17) is 10.8 Å². The van der Waals surface area contributed by atoms with Gasteiger partial charge in [0.05, 0.1) is 17.9 Å². The molecule has 0 bridgehead atoms. The van der Waals surface area contributed by atoms with Crippen LogP contribution in [0.1, 0.15) is 5.56 Å². The van der Waals surface area contributed by atoms with Crippen molar-refractivity contribution < 1.29 is 9.90 Å². The van der Waals surface area contributed by atoms with Gasteiger partial charge in [0.15, 0.2) is 0 Å². The molecule has 4 N–H and O–H groups in total. The number of fused-ring (bicyclic) bond motifs is 1. The predicted octanol–water partition coefficient (Wildman–Crippen LogP) is 0.833. The predicted molar refractivity (Wildman–Crippen MR) is 111 cm³/mol. The Kier molecular flexibility index (Phi) is 5.48. The van der Waals surface area contributed by atoms with Crippen molar-refractivity contribution in [1.82, 2.24) is 19.4 Å². The third-order valence-electron chi connectivity index (χ3n) is 5.38. The van der Waals surface area contributed by atoms with Gasteiger partial charge in [0, 0.05) is 62.4 Å². The number of piperazine rings is 1. The molecule has 1 fully saturated rings. The highest BCUT2D eigenvalue weighted by atomic mass is 16.3. The number of aliphatic hydroxyl groups excluding tert-OH is 1. The summed E-state index contributed by atoms with van der Waals surface area (Å²) in [6.07, 6.45) is 1.25. The van der Waals surface area contributed by atoms with Crippen LogP contribution in [0.2, 0.25) is 0 Å². The molecule has 0 atom stereocenters. The summed E-state index contributed by atoms with van der Waals surface area (Å²) < 4.78 is 0.850. The summed E-state index contributed by atoms with van der Waals surface area (Å²) in [6.45, 7) is 5.68. The van der Waals surface area contributed by atoms with E-state index in [-0.39, 0.29) is 6.61 Å². The number of H-pyrrole nitrogens is 1. The molecule has 8 nitrogen and oxygen atoms in total. The molecule has 0 spiro atoms. The summed E-state index contributed by atoms with van der Waals surface area (Å²) in [5.74, 6) is 0. The number of aromatic amines is 1. The Morgan fingerprint density at radius 1 is 1.17 bits per heavy atom. The second-order valence-corrected chi connectivity index (χ2v) is 7.31. The zero-order chi connectivity index (χ0) is 20.4. The number of primary amides is 1. The van der Waals surface area contributed by atoms with Gasteiger partial charge in [0.25, 0.3) is 5.56 Å². The van der Waals surface area contributed by atoms with Crippen LogP contribution < -0.4 is 11.3 Å². The highest BCUT2D eigenvalue weighted by Gasteiger charge is 2.17. The average molecular weight is 394 g/mol. The monoisotopic (exact) mass is 394 g/mol. The SMILES string of the molecule is NC(=O)n1c[c]cc(-c2cc3cc(CN4CCN(CCO)CC4)ccc3[nH]2)c1=O. The van der Waals surface area contributed by atoms with Crippen molar-refractivity contribution in [1.29, 1.82) is 0 Å². The van der Waals surface area contributed by atoms with Gasteiger partial charge in [-0.3, -0.25) is 14.6 Å². The Bertz CT molecular complexity index is 1080. The zero-order valence-electron chi connectivity index (χ0n) is 16.1. The van der Waals surface area contributed by atoms with Gasteiger partial charge in [-0.1, -0.05) is 6.07 Å². The van der Waals surface area contributed by atoms with Crippen molar-refractivity contribution >= 4 is 16.9 Å². The third-order valence-corrected chi connectivity index (χ3v) is 5.38. The van der Waals surface area contributed by atoms with Crippen LogP contribution in [0.5, 0.6) is 0 Å². The van der Waals surface area contributed by atoms with Gasteiger partial charge in [-0.25, -0.2) is 9.36 Å². The molecule has 1 aliphatic heterocycles. The maximum atomic E-state index is 12.5. The van der Waals surface area contributed by atoms with Gasteiger partial charge in [0.1, 0.15) is 0 Å². The number of amides is 1. The maximum absolute atomic E-state index is 12.5. The normalized spacial score (nSPS) is 15.8. The highest BCUT2D eigenvalue weighted by Crippen LogP contribution is 2.23. The number of nitrogens with one attached hydrogen (secondary N) is 1. The van der Waals surface area contributed by atoms with E-state index in [1.807, 2.05) is 12.1 Å². The van der Waals surface area contributed by atoms with E-state index in [1.54, 1.807) is 6.07 Å². The molecule has 3 aromatic rings. The molecule has 4 rings (SSSR count). The Hall–Kier alpha value is -2.94. The van der Waals surface area contributed by atoms with E-state index in [9.17, 15) is 9.59 Å². The number of rotatable bonds is 5. The molecule has 1 amide bonds. The summed E-state index contributed by atoms with van der Waals surface area (Å²) in [7, 11) is 0. The third kappa shape index (κ3) is 4.09. The molecule has 8 heteroatoms. The number of nitrogens with two attached hydrogens (primary N) is 1. The molecule has 29 heavy (non-hydrogen) atoms. The van der Waals surface area contributed by atoms with Gasteiger partial charge in [0.2, 0.25) is 0 Å². The average Bonchev–Trinajstić information content (AvgIpc) is 3.13. The van der Waals surface area contributed by atoms with Crippen LogP contribution in [-0.2, 0) is 6.54 Å². The molecular formula is C21H24N5O3. The summed E-state index contributed by atoms with van der Waals surface area (Å²) in [6, 6.07) is 11.6. The first-order valence-electron chi connectivity index (χ1n) is 9.65. The second kappa shape index (κ2) is 8.20. The molecule has 0 saturated carbocycles. The first-order valence-corrected chi connectivity index (χ1v) is 9.65. The number of carbonyl (C=O) groups is 1. The zero-order valence-corrected chi connectivity index (χ0v) is 16.1. The smallest absolute Gasteiger partial charge is 0.325 e. The largest absolute Gasteiger partial charge is 0.395 e. The van der Waals surface area contributed by atoms with Crippen molar-refractivity contribution in [2.24, 2.45) is 5.73 Å². The Morgan fingerprint density at radius 3 is 2.66 bits per heavy atom. The molecule has 0 unspecified atom stereocenters. The molecule has 1 saturated heterocycles. The lowest BCUT2D eigenvalue weighted by molar-refractivity contribution is 0.108. The van der Waals surface area contributed by atoms with Gasteiger partial charge >= 0.3 is 6.03 Å². The van der Waals surface area contributed by atoms with Crippen LogP contribution in [0.4, 0.5) is 4.79 Å². The number of hydrogen-bond donors (Lipinski definition) is 3. The summed E-state index contributed by atoms with van der Waals surface area (Å²) >= 11 is 0. The van der Waals surface area contributed by atoms with Crippen molar-refractivity contribution in [2.45, 2.75) is 6.54 Å². The number of nitrogens with zero attached hydrogens (tertiary/aromatic N) is 3. The number of benzene rings is 1. The standard InChI is InChI=1S/C21H24N5O3/c22-21(29)26-5-1-2-17(20(26)28)19-13-16-12-15(3-4-18(16)23-19)14-25-8-6-24(7-9-25)10-11-27/h2-5,12-13,23,27H,6-11,14H2,(H2,22,29). The van der Waals surface area contributed by atoms with Crippen LogP contribution in [0.15, 0.2) is 41.3 Å². The van der Waals surface area contributed by atoms with E-state index in [2.05, 4.69) is 33.0 Å². The lowest BCUT2D eigenvalue weighted by atomic mass is 10.1. The molecule has 1 aliphatic rings. The number of aliphatic hydroxyl groups is 1. The Balaban J connectivity index is 1.54. The minimum atomic E-state index is -0.828. The fourth-order valence-electron chi connectivity index (χ4n) is 3.80. The minimum absolute atomic E-state index is 0.205. The molecule has 151 valence electrons. The fourth-order valence-corrected chi connectivity index (χ4v) is 3.80. The number of carbonyl (C=O) groups excluding carboxylic acids is 1. The Morgan fingerprint density at radius 2 is 1.93 bits per heavy atom. The first-order chi connectivity index (χ1) is 14.0. The van der Waals surface area contributed by atoms with Gasteiger partial charge in [-0.05, 0) is 29.8 Å². The van der Waals surface area contributed by atoms with Gasteiger partial charge in [-0.15, -0.1) is 0 Å². The molecule has 2 aromatic heterocycles. The molecule has 0 aliphatic carbocycles. The van der Waals surface area contributed by atoms with E-state index < -0.39 is 11.6 Å². The Labute approximate surface area is 168 Å². The van der Waals surface area contributed by atoms with Gasteiger partial charge < -0.3 is 15.8 Å². The molecular weight excluding hydrogens is 370 g/mol. The molecule has 3 heterocycles. The summed E-state index contributed by atoms with van der Waals surface area (Å²) in [5, 5.41) is 10.1. The van der Waals surface area contributed by atoms with Crippen molar-refractivity contribution in [3.63, 3.8) is 0 Å². The molecule has 1 aromatic carbocycles. The summed E-state index contributed by atoms with van der Waals surface area (Å²) in [4.78, 5) is 31.8. The number of hydrogen-bond acceptors (Lipinski definition) is 5. The van der Waals surface area contributed by atoms with Crippen LogP contribution >= 0.6 is 0 Å². The van der Waals surface area contributed by atoms with Crippen LogP contribution in [0, 0.1) is 6.07 Å². The van der Waals surface area contributed by atoms with E-state index >= 15 is 0 Å². The van der Waals surface area contributed by atoms with Crippen molar-refractivity contribution in [3.8, 4) is 11.3 Å². The number of pyridine rings is 1. The van der Waals surface area contributed by atoms with Crippen LogP contribution in [-0.4, -0.2) is 69.8 Å². The topological polar surface area (TPSA) is 108 Å². The van der Waals surface area contributed by atoms with E-state index in [1.165, 1.54) is 11.8 Å². The second-order valence-electron chi connectivity index (χ2n) is 7.31. The van der Waals surface area contributed by atoms with Gasteiger partial charge in [-0.2, -0.15) is 0 Å². The lowest BCUT2D eigenvalue weighted by Gasteiger charge is -2.34. The number of β-amino-alcohol motifs (C(OH)–C–C–N with tert-alkyl or cyclic N) is 1. The van der Waals surface area contributed by atoms with Crippen LogP contribution in [0.3, 0.4) is 0 Å². The first kappa shape index (κ1) is 19.4. The molecule has 1 radical (unpaired) electrons. The summed E-state index contributed by atoms with van der Waals surface area (Å²) in [5.41, 5.74) is 7.88. The fraction of sp³-hybridized carbons (Fsp3) is 0.333. The highest BCUT2D eigenvalue weighted by molar-refractivity contribution is 5.86. The minimum Gasteiger partial charge on any atom is -0.395 e. The van der Waals surface area contributed by atoms with E-state index in [0.717, 1.165) is 54.7 Å². The van der Waals surface area contributed by atoms with Crippen LogP contribution in [0.25, 0.3) is 22.2 Å². The number of aromatic nitrogens is 2. The van der Waals surface area contributed by atoms with E-state index in [0.29, 0.717) is 11.3 Å². The lowest BCUT2D eigenvalue weighted by Crippen LogP contribution is -2.46. The maximum Gasteiger partial charge on any atom is 0.325 e.